The Morgan fingerprint density at radius 2 is 1.38 bits per heavy atom. The van der Waals surface area contributed by atoms with Crippen LogP contribution in [0.2, 0.25) is 0 Å². The Hall–Kier alpha value is -3.54. The first-order valence-electron chi connectivity index (χ1n) is 11.2. The van der Waals surface area contributed by atoms with Crippen molar-refractivity contribution in [1.29, 1.82) is 0 Å². The molecular formula is C28H29F2NO3. The van der Waals surface area contributed by atoms with Crippen molar-refractivity contribution in [3.05, 3.63) is 107 Å². The van der Waals surface area contributed by atoms with Gasteiger partial charge in [-0.05, 0) is 62.4 Å². The molecule has 0 aliphatic rings. The van der Waals surface area contributed by atoms with E-state index >= 15 is 0 Å². The standard InChI is InChI=1S/C28H29F2NO3/c1-28(2,3)34-27(33)31-25(17-21-15-23(29)18-24(30)16-21)26(32)22-13-11-20(12-14-22)10-9-19-7-5-4-6-8-19/h4-8,11-16,18,25H,9-10,17H2,1-3H3,(H,31,33)/t25-/m0/s1. The zero-order valence-corrected chi connectivity index (χ0v) is 19.6. The fourth-order valence-electron chi connectivity index (χ4n) is 3.59. The van der Waals surface area contributed by atoms with E-state index in [2.05, 4.69) is 17.4 Å². The lowest BCUT2D eigenvalue weighted by atomic mass is 9.96. The lowest BCUT2D eigenvalue weighted by Crippen LogP contribution is -2.44. The zero-order chi connectivity index (χ0) is 24.7. The van der Waals surface area contributed by atoms with E-state index in [1.54, 1.807) is 32.9 Å². The van der Waals surface area contributed by atoms with Crippen molar-refractivity contribution in [2.24, 2.45) is 0 Å². The molecule has 0 bridgehead atoms. The molecule has 0 aliphatic heterocycles. The van der Waals surface area contributed by atoms with Crippen molar-refractivity contribution in [2.45, 2.75) is 51.7 Å². The predicted molar refractivity (Wildman–Crippen MR) is 128 cm³/mol. The third-order valence-corrected chi connectivity index (χ3v) is 5.15. The van der Waals surface area contributed by atoms with Crippen molar-refractivity contribution in [1.82, 2.24) is 5.32 Å². The maximum Gasteiger partial charge on any atom is 0.408 e. The van der Waals surface area contributed by atoms with Crippen LogP contribution in [0.5, 0.6) is 0 Å². The van der Waals surface area contributed by atoms with Crippen LogP contribution in [0.3, 0.4) is 0 Å². The lowest BCUT2D eigenvalue weighted by Gasteiger charge is -2.23. The summed E-state index contributed by atoms with van der Waals surface area (Å²) in [6.07, 6.45) is 0.841. The highest BCUT2D eigenvalue weighted by Crippen LogP contribution is 2.16. The quantitative estimate of drug-likeness (QED) is 0.411. The average molecular weight is 466 g/mol. The van der Waals surface area contributed by atoms with E-state index in [0.717, 1.165) is 36.6 Å². The van der Waals surface area contributed by atoms with Crippen molar-refractivity contribution >= 4 is 11.9 Å². The topological polar surface area (TPSA) is 55.4 Å². The molecule has 0 fully saturated rings. The van der Waals surface area contributed by atoms with E-state index in [1.807, 2.05) is 30.3 Å². The summed E-state index contributed by atoms with van der Waals surface area (Å²) in [4.78, 5) is 25.6. The van der Waals surface area contributed by atoms with Crippen LogP contribution in [0.15, 0.2) is 72.8 Å². The number of aryl methyl sites for hydroxylation is 2. The van der Waals surface area contributed by atoms with Gasteiger partial charge in [0.15, 0.2) is 5.78 Å². The summed E-state index contributed by atoms with van der Waals surface area (Å²) < 4.78 is 32.7. The molecule has 3 rings (SSSR count). The fraction of sp³-hybridized carbons (Fsp3) is 0.286. The number of hydrogen-bond donors (Lipinski definition) is 1. The van der Waals surface area contributed by atoms with Crippen LogP contribution in [0, 0.1) is 11.6 Å². The van der Waals surface area contributed by atoms with E-state index in [9.17, 15) is 18.4 Å². The summed E-state index contributed by atoms with van der Waals surface area (Å²) in [5.74, 6) is -1.87. The highest BCUT2D eigenvalue weighted by molar-refractivity contribution is 6.01. The Morgan fingerprint density at radius 3 is 1.94 bits per heavy atom. The number of alkyl carbamates (subject to hydrolysis) is 1. The van der Waals surface area contributed by atoms with E-state index in [0.29, 0.717) is 5.56 Å². The maximum atomic E-state index is 13.7. The Labute approximate surface area is 199 Å². The van der Waals surface area contributed by atoms with Gasteiger partial charge in [-0.3, -0.25) is 4.79 Å². The van der Waals surface area contributed by atoms with Crippen molar-refractivity contribution in [3.63, 3.8) is 0 Å². The molecule has 1 N–H and O–H groups in total. The second kappa shape index (κ2) is 11.1. The first-order valence-corrected chi connectivity index (χ1v) is 11.2. The van der Waals surface area contributed by atoms with E-state index in [1.165, 1.54) is 5.56 Å². The number of halogens is 2. The number of carbonyl (C=O) groups excluding carboxylic acids is 2. The van der Waals surface area contributed by atoms with Crippen LogP contribution in [0.25, 0.3) is 0 Å². The van der Waals surface area contributed by atoms with Crippen LogP contribution in [-0.2, 0) is 24.0 Å². The molecule has 0 aromatic heterocycles. The Bertz CT molecular complexity index is 1100. The van der Waals surface area contributed by atoms with Gasteiger partial charge >= 0.3 is 6.09 Å². The largest absolute Gasteiger partial charge is 0.444 e. The third kappa shape index (κ3) is 7.80. The number of benzene rings is 3. The molecule has 1 amide bonds. The summed E-state index contributed by atoms with van der Waals surface area (Å²) in [6.45, 7) is 5.12. The molecule has 0 spiro atoms. The van der Waals surface area contributed by atoms with Crippen molar-refractivity contribution < 1.29 is 23.1 Å². The highest BCUT2D eigenvalue weighted by atomic mass is 19.1. The predicted octanol–water partition coefficient (Wildman–Crippen LogP) is 6.07. The summed E-state index contributed by atoms with van der Waals surface area (Å²) in [7, 11) is 0. The fourth-order valence-corrected chi connectivity index (χ4v) is 3.59. The summed E-state index contributed by atoms with van der Waals surface area (Å²) >= 11 is 0. The van der Waals surface area contributed by atoms with Crippen LogP contribution in [0.1, 0.15) is 47.8 Å². The Kier molecular flexibility index (Phi) is 8.16. The Morgan fingerprint density at radius 1 is 0.824 bits per heavy atom. The van der Waals surface area contributed by atoms with Gasteiger partial charge in [0.05, 0.1) is 6.04 Å². The normalized spacial score (nSPS) is 12.1. The number of hydrogen-bond acceptors (Lipinski definition) is 3. The number of nitrogens with one attached hydrogen (secondary N) is 1. The first kappa shape index (κ1) is 25.1. The van der Waals surface area contributed by atoms with Gasteiger partial charge in [0.25, 0.3) is 0 Å². The second-order valence-corrected chi connectivity index (χ2v) is 9.23. The molecular weight excluding hydrogens is 436 g/mol. The zero-order valence-electron chi connectivity index (χ0n) is 19.6. The highest BCUT2D eigenvalue weighted by Gasteiger charge is 2.26. The molecule has 0 unspecified atom stereocenters. The minimum absolute atomic E-state index is 0.0808. The minimum Gasteiger partial charge on any atom is -0.444 e. The van der Waals surface area contributed by atoms with Gasteiger partial charge in [-0.1, -0.05) is 54.6 Å². The van der Waals surface area contributed by atoms with Gasteiger partial charge in [0.1, 0.15) is 17.2 Å². The van der Waals surface area contributed by atoms with Gasteiger partial charge in [0, 0.05) is 18.1 Å². The number of amides is 1. The van der Waals surface area contributed by atoms with Gasteiger partial charge in [-0.15, -0.1) is 0 Å². The molecule has 178 valence electrons. The first-order chi connectivity index (χ1) is 16.1. The molecule has 1 atom stereocenters. The average Bonchev–Trinajstić information content (AvgIpc) is 2.76. The molecule has 3 aromatic rings. The molecule has 34 heavy (non-hydrogen) atoms. The maximum absolute atomic E-state index is 13.7. The van der Waals surface area contributed by atoms with Gasteiger partial charge in [-0.2, -0.15) is 0 Å². The molecule has 0 saturated carbocycles. The lowest BCUT2D eigenvalue weighted by molar-refractivity contribution is 0.0491. The van der Waals surface area contributed by atoms with E-state index < -0.39 is 29.4 Å². The number of ketones is 1. The number of carbonyl (C=O) groups is 2. The monoisotopic (exact) mass is 465 g/mol. The molecule has 4 nitrogen and oxygen atoms in total. The minimum atomic E-state index is -1.05. The van der Waals surface area contributed by atoms with Crippen LogP contribution >= 0.6 is 0 Å². The van der Waals surface area contributed by atoms with Gasteiger partial charge in [-0.25, -0.2) is 13.6 Å². The van der Waals surface area contributed by atoms with Crippen LogP contribution in [-0.4, -0.2) is 23.5 Å². The number of ether oxygens (including phenoxy) is 1. The molecule has 0 saturated heterocycles. The second-order valence-electron chi connectivity index (χ2n) is 9.23. The summed E-state index contributed by atoms with van der Waals surface area (Å²) in [6, 6.07) is 19.3. The van der Waals surface area contributed by atoms with Gasteiger partial charge in [0.2, 0.25) is 0 Å². The molecule has 3 aromatic carbocycles. The van der Waals surface area contributed by atoms with Crippen molar-refractivity contribution in [3.8, 4) is 0 Å². The van der Waals surface area contributed by atoms with Crippen molar-refractivity contribution in [2.75, 3.05) is 0 Å². The molecule has 0 radical (unpaired) electrons. The Balaban J connectivity index is 1.75. The third-order valence-electron chi connectivity index (χ3n) is 5.15. The smallest absolute Gasteiger partial charge is 0.408 e. The van der Waals surface area contributed by atoms with Crippen LogP contribution in [0.4, 0.5) is 13.6 Å². The summed E-state index contributed by atoms with van der Waals surface area (Å²) in [5, 5.41) is 2.56. The molecule has 0 heterocycles. The van der Waals surface area contributed by atoms with Crippen LogP contribution < -0.4 is 5.32 Å². The van der Waals surface area contributed by atoms with E-state index in [-0.39, 0.29) is 17.8 Å². The number of rotatable bonds is 8. The SMILES string of the molecule is CC(C)(C)OC(=O)N[C@@H](Cc1cc(F)cc(F)c1)C(=O)c1ccc(CCc2ccccc2)cc1. The molecule has 6 heteroatoms. The summed E-state index contributed by atoms with van der Waals surface area (Å²) in [5.41, 5.74) is 2.19. The van der Waals surface area contributed by atoms with E-state index in [4.69, 9.17) is 4.74 Å². The molecule has 0 aliphatic carbocycles. The van der Waals surface area contributed by atoms with Gasteiger partial charge < -0.3 is 10.1 Å². The number of Topliss-reactive ketones (excluding diaryl/α,β-unsaturated/α-hetero) is 1.